The molecular weight excluding hydrogens is 152 g/mol. The molecule has 0 aromatic carbocycles. The first kappa shape index (κ1) is 9.26. The van der Waals surface area contributed by atoms with Crippen LogP contribution in [-0.4, -0.2) is 21.7 Å². The predicted molar refractivity (Wildman–Crippen MR) is 47.7 cm³/mol. The largest absolute Gasteiger partial charge is 0.396 e. The lowest BCUT2D eigenvalue weighted by Crippen LogP contribution is -2.16. The average molecular weight is 168 g/mol. The number of aliphatic hydroxyl groups excluding tert-OH is 1. The van der Waals surface area contributed by atoms with E-state index >= 15 is 0 Å². The van der Waals surface area contributed by atoms with E-state index < -0.39 is 0 Å². The van der Waals surface area contributed by atoms with Crippen LogP contribution in [0.4, 0.5) is 0 Å². The number of aliphatic hydroxyl groups is 1. The minimum Gasteiger partial charge on any atom is -0.396 e. The van der Waals surface area contributed by atoms with Crippen molar-refractivity contribution in [1.29, 1.82) is 0 Å². The van der Waals surface area contributed by atoms with E-state index in [1.807, 2.05) is 6.20 Å². The normalized spacial score (nSPS) is 13.7. The Balaban J connectivity index is 2.48. The summed E-state index contributed by atoms with van der Waals surface area (Å²) in [5, 5.41) is 9.06. The summed E-state index contributed by atoms with van der Waals surface area (Å²) in [5.74, 6) is 0.851. The van der Waals surface area contributed by atoms with Crippen molar-refractivity contribution >= 4 is 0 Å². The molecule has 1 atom stereocenters. The molecule has 68 valence electrons. The molecular formula is C9H16N2O. The van der Waals surface area contributed by atoms with Crippen LogP contribution in [-0.2, 0) is 6.42 Å². The number of imidazole rings is 1. The second kappa shape index (κ2) is 4.26. The third-order valence-electron chi connectivity index (χ3n) is 2.21. The Kier molecular flexibility index (Phi) is 3.29. The van der Waals surface area contributed by atoms with Crippen molar-refractivity contribution in [1.82, 2.24) is 9.97 Å². The monoisotopic (exact) mass is 168 g/mol. The van der Waals surface area contributed by atoms with Gasteiger partial charge in [-0.05, 0) is 18.3 Å². The maximum absolute atomic E-state index is 9.06. The molecule has 0 aliphatic heterocycles. The molecule has 0 saturated heterocycles. The van der Waals surface area contributed by atoms with Gasteiger partial charge in [-0.1, -0.05) is 13.8 Å². The molecule has 0 saturated carbocycles. The van der Waals surface area contributed by atoms with Crippen molar-refractivity contribution < 1.29 is 5.11 Å². The molecule has 0 radical (unpaired) electrons. The zero-order valence-electron chi connectivity index (χ0n) is 7.62. The molecule has 1 aromatic rings. The Labute approximate surface area is 72.8 Å². The molecule has 0 aliphatic carbocycles. The number of rotatable bonds is 4. The predicted octanol–water partition coefficient (Wildman–Crippen LogP) is 1.22. The number of aromatic nitrogens is 2. The Bertz CT molecular complexity index is 206. The highest BCUT2D eigenvalue weighted by molar-refractivity contribution is 4.96. The van der Waals surface area contributed by atoms with Crippen molar-refractivity contribution in [2.75, 3.05) is 6.61 Å². The van der Waals surface area contributed by atoms with Crippen LogP contribution in [0.5, 0.6) is 0 Å². The fourth-order valence-electron chi connectivity index (χ4n) is 1.19. The quantitative estimate of drug-likeness (QED) is 0.710. The summed E-state index contributed by atoms with van der Waals surface area (Å²) >= 11 is 0. The zero-order chi connectivity index (χ0) is 8.97. The Morgan fingerprint density at radius 3 is 2.75 bits per heavy atom. The molecule has 0 bridgehead atoms. The molecule has 2 N–H and O–H groups in total. The van der Waals surface area contributed by atoms with Crippen LogP contribution in [0.2, 0.25) is 0 Å². The first-order chi connectivity index (χ1) is 5.74. The maximum Gasteiger partial charge on any atom is 0.0921 e. The van der Waals surface area contributed by atoms with Crippen LogP contribution >= 0.6 is 0 Å². The van der Waals surface area contributed by atoms with Gasteiger partial charge in [-0.2, -0.15) is 0 Å². The molecule has 0 unspecified atom stereocenters. The van der Waals surface area contributed by atoms with Crippen LogP contribution in [0.1, 0.15) is 19.5 Å². The second-order valence-corrected chi connectivity index (χ2v) is 3.47. The molecule has 1 heterocycles. The van der Waals surface area contributed by atoms with E-state index in [0.29, 0.717) is 11.8 Å². The van der Waals surface area contributed by atoms with Gasteiger partial charge in [-0.15, -0.1) is 0 Å². The second-order valence-electron chi connectivity index (χ2n) is 3.47. The fourth-order valence-corrected chi connectivity index (χ4v) is 1.19. The highest BCUT2D eigenvalue weighted by Crippen LogP contribution is 2.14. The van der Waals surface area contributed by atoms with E-state index in [2.05, 4.69) is 23.8 Å². The molecule has 1 rings (SSSR count). The summed E-state index contributed by atoms with van der Waals surface area (Å²) in [6.07, 6.45) is 4.36. The molecule has 12 heavy (non-hydrogen) atoms. The summed E-state index contributed by atoms with van der Waals surface area (Å²) in [4.78, 5) is 6.97. The van der Waals surface area contributed by atoms with Gasteiger partial charge in [0.05, 0.1) is 6.33 Å². The maximum atomic E-state index is 9.06. The number of nitrogens with zero attached hydrogens (tertiary/aromatic N) is 1. The number of hydrogen-bond donors (Lipinski definition) is 2. The van der Waals surface area contributed by atoms with Crippen molar-refractivity contribution in [2.24, 2.45) is 11.8 Å². The van der Waals surface area contributed by atoms with E-state index in [0.717, 1.165) is 12.1 Å². The lowest BCUT2D eigenvalue weighted by atomic mass is 9.92. The number of nitrogens with one attached hydrogen (secondary N) is 1. The van der Waals surface area contributed by atoms with E-state index in [9.17, 15) is 0 Å². The number of hydrogen-bond acceptors (Lipinski definition) is 2. The molecule has 0 amide bonds. The van der Waals surface area contributed by atoms with Crippen molar-refractivity contribution in [3.63, 3.8) is 0 Å². The van der Waals surface area contributed by atoms with Crippen LogP contribution in [0, 0.1) is 11.8 Å². The van der Waals surface area contributed by atoms with Gasteiger partial charge in [-0.3, -0.25) is 0 Å². The van der Waals surface area contributed by atoms with Crippen molar-refractivity contribution in [2.45, 2.75) is 20.3 Å². The van der Waals surface area contributed by atoms with Crippen molar-refractivity contribution in [3.05, 3.63) is 18.2 Å². The van der Waals surface area contributed by atoms with Gasteiger partial charge in [0.25, 0.3) is 0 Å². The van der Waals surface area contributed by atoms with Crippen LogP contribution in [0.3, 0.4) is 0 Å². The lowest BCUT2D eigenvalue weighted by Gasteiger charge is -2.16. The van der Waals surface area contributed by atoms with E-state index in [1.165, 1.54) is 0 Å². The number of aromatic amines is 1. The zero-order valence-corrected chi connectivity index (χ0v) is 7.62. The van der Waals surface area contributed by atoms with Gasteiger partial charge >= 0.3 is 0 Å². The fraction of sp³-hybridized carbons (Fsp3) is 0.667. The Morgan fingerprint density at radius 1 is 1.58 bits per heavy atom. The molecule has 0 aliphatic rings. The summed E-state index contributed by atoms with van der Waals surface area (Å²) in [7, 11) is 0. The van der Waals surface area contributed by atoms with Gasteiger partial charge in [-0.25, -0.2) is 4.98 Å². The molecule has 0 fully saturated rings. The first-order valence-corrected chi connectivity index (χ1v) is 4.32. The summed E-state index contributed by atoms with van der Waals surface area (Å²) in [5.41, 5.74) is 1.10. The van der Waals surface area contributed by atoms with Gasteiger partial charge in [0, 0.05) is 18.5 Å². The summed E-state index contributed by atoms with van der Waals surface area (Å²) in [6.45, 7) is 4.49. The summed E-state index contributed by atoms with van der Waals surface area (Å²) in [6, 6.07) is 0. The Morgan fingerprint density at radius 2 is 2.33 bits per heavy atom. The SMILES string of the molecule is CC(C)[C@@H](CO)Cc1cnc[nH]1. The van der Waals surface area contributed by atoms with Crippen LogP contribution in [0.25, 0.3) is 0 Å². The highest BCUT2D eigenvalue weighted by Gasteiger charge is 2.12. The summed E-state index contributed by atoms with van der Waals surface area (Å²) < 4.78 is 0. The molecule has 0 spiro atoms. The van der Waals surface area contributed by atoms with Gasteiger partial charge < -0.3 is 10.1 Å². The average Bonchev–Trinajstić information content (AvgIpc) is 2.51. The molecule has 3 nitrogen and oxygen atoms in total. The molecule has 1 aromatic heterocycles. The molecule has 3 heteroatoms. The minimum atomic E-state index is 0.247. The van der Waals surface area contributed by atoms with E-state index in [4.69, 9.17) is 5.11 Å². The topological polar surface area (TPSA) is 48.9 Å². The van der Waals surface area contributed by atoms with E-state index in [1.54, 1.807) is 6.33 Å². The van der Waals surface area contributed by atoms with Gasteiger partial charge in [0.15, 0.2) is 0 Å². The third kappa shape index (κ3) is 2.34. The van der Waals surface area contributed by atoms with Gasteiger partial charge in [0.2, 0.25) is 0 Å². The van der Waals surface area contributed by atoms with Crippen LogP contribution in [0.15, 0.2) is 12.5 Å². The Hall–Kier alpha value is -0.830. The third-order valence-corrected chi connectivity index (χ3v) is 2.21. The lowest BCUT2D eigenvalue weighted by molar-refractivity contribution is 0.188. The van der Waals surface area contributed by atoms with E-state index in [-0.39, 0.29) is 6.61 Å². The van der Waals surface area contributed by atoms with Gasteiger partial charge in [0.1, 0.15) is 0 Å². The van der Waals surface area contributed by atoms with Crippen molar-refractivity contribution in [3.8, 4) is 0 Å². The minimum absolute atomic E-state index is 0.247. The number of H-pyrrole nitrogens is 1. The first-order valence-electron chi connectivity index (χ1n) is 4.32. The highest BCUT2D eigenvalue weighted by atomic mass is 16.3. The van der Waals surface area contributed by atoms with Crippen LogP contribution < -0.4 is 0 Å². The standard InChI is InChI=1S/C9H16N2O/c1-7(2)8(5-12)3-9-4-10-6-11-9/h4,6-8,12H,3,5H2,1-2H3,(H,10,11)/t8-/m1/s1. The smallest absolute Gasteiger partial charge is 0.0921 e.